The number of Topliss-reactive ketones (excluding diaryl/α,β-unsaturated/α-hetero) is 1. The van der Waals surface area contributed by atoms with Crippen molar-refractivity contribution >= 4 is 28.4 Å². The molecule has 1 aliphatic carbocycles. The molecule has 2 aliphatic rings. The SMILES string of the molecule is COCCOC(=O)C1C(C)=NC2=C(C(=O)CCC2)[C@@H]1c1coc2ccccc2c1=O. The van der Waals surface area contributed by atoms with Crippen LogP contribution in [-0.4, -0.2) is 37.8 Å². The van der Waals surface area contributed by atoms with Crippen LogP contribution in [0.15, 0.2) is 56.0 Å². The van der Waals surface area contributed by atoms with E-state index in [0.717, 1.165) is 0 Å². The minimum absolute atomic E-state index is 0.0814. The van der Waals surface area contributed by atoms with E-state index in [1.165, 1.54) is 13.4 Å². The lowest BCUT2D eigenvalue weighted by Crippen LogP contribution is -2.39. The van der Waals surface area contributed by atoms with Gasteiger partial charge in [0, 0.05) is 42.0 Å². The van der Waals surface area contributed by atoms with Gasteiger partial charge in [0.1, 0.15) is 18.1 Å². The molecule has 0 radical (unpaired) electrons. The lowest BCUT2D eigenvalue weighted by atomic mass is 9.72. The molecule has 0 saturated carbocycles. The summed E-state index contributed by atoms with van der Waals surface area (Å²) in [5, 5.41) is 0.409. The van der Waals surface area contributed by atoms with Crippen LogP contribution < -0.4 is 5.43 Å². The summed E-state index contributed by atoms with van der Waals surface area (Å²) in [5.74, 6) is -2.26. The largest absolute Gasteiger partial charge is 0.464 e. The molecular formula is C23H23NO6. The van der Waals surface area contributed by atoms with Crippen molar-refractivity contribution in [3.63, 3.8) is 0 Å². The molecule has 2 heterocycles. The number of aliphatic imine (C=N–C) groups is 1. The van der Waals surface area contributed by atoms with Crippen molar-refractivity contribution in [2.24, 2.45) is 10.9 Å². The fourth-order valence-electron chi connectivity index (χ4n) is 4.27. The van der Waals surface area contributed by atoms with Crippen molar-refractivity contribution in [1.29, 1.82) is 0 Å². The van der Waals surface area contributed by atoms with Crippen LogP contribution in [0.1, 0.15) is 37.7 Å². The molecule has 1 aromatic heterocycles. The first-order valence-corrected chi connectivity index (χ1v) is 10.0. The number of nitrogens with zero attached hydrogens (tertiary/aromatic N) is 1. The van der Waals surface area contributed by atoms with E-state index in [2.05, 4.69) is 4.99 Å². The fourth-order valence-corrected chi connectivity index (χ4v) is 4.27. The van der Waals surface area contributed by atoms with Gasteiger partial charge in [-0.15, -0.1) is 0 Å². The van der Waals surface area contributed by atoms with Gasteiger partial charge in [-0.2, -0.15) is 0 Å². The normalized spacial score (nSPS) is 21.4. The summed E-state index contributed by atoms with van der Waals surface area (Å²) in [6, 6.07) is 6.92. The summed E-state index contributed by atoms with van der Waals surface area (Å²) < 4.78 is 16.0. The van der Waals surface area contributed by atoms with Gasteiger partial charge in [-0.05, 0) is 31.9 Å². The van der Waals surface area contributed by atoms with Crippen LogP contribution in [0, 0.1) is 5.92 Å². The van der Waals surface area contributed by atoms with E-state index >= 15 is 0 Å². The monoisotopic (exact) mass is 409 g/mol. The Balaban J connectivity index is 1.87. The molecule has 156 valence electrons. The molecule has 1 aliphatic heterocycles. The van der Waals surface area contributed by atoms with Gasteiger partial charge < -0.3 is 13.9 Å². The van der Waals surface area contributed by atoms with Gasteiger partial charge in [-0.1, -0.05) is 12.1 Å². The fraction of sp³-hybridized carbons (Fsp3) is 0.391. The maximum absolute atomic E-state index is 13.3. The van der Waals surface area contributed by atoms with Gasteiger partial charge in [0.15, 0.2) is 11.2 Å². The smallest absolute Gasteiger partial charge is 0.315 e. The molecule has 2 aromatic rings. The third-order valence-corrected chi connectivity index (χ3v) is 5.66. The minimum atomic E-state index is -0.869. The Morgan fingerprint density at radius 3 is 2.80 bits per heavy atom. The number of benzene rings is 1. The highest BCUT2D eigenvalue weighted by Crippen LogP contribution is 2.43. The third-order valence-electron chi connectivity index (χ3n) is 5.66. The lowest BCUT2D eigenvalue weighted by Gasteiger charge is -2.33. The summed E-state index contributed by atoms with van der Waals surface area (Å²) in [5.41, 5.74) is 2.10. The van der Waals surface area contributed by atoms with Gasteiger partial charge in [-0.3, -0.25) is 19.4 Å². The summed E-state index contributed by atoms with van der Waals surface area (Å²) in [6.07, 6.45) is 3.08. The summed E-state index contributed by atoms with van der Waals surface area (Å²) in [6.45, 7) is 2.07. The van der Waals surface area contributed by atoms with Crippen molar-refractivity contribution in [1.82, 2.24) is 0 Å². The Labute approximate surface area is 173 Å². The molecule has 1 aromatic carbocycles. The Kier molecular flexibility index (Phi) is 5.63. The molecule has 7 heteroatoms. The van der Waals surface area contributed by atoms with Gasteiger partial charge in [0.05, 0.1) is 18.3 Å². The quantitative estimate of drug-likeness (QED) is 0.556. The highest BCUT2D eigenvalue weighted by Gasteiger charge is 2.44. The van der Waals surface area contributed by atoms with Crippen LogP contribution in [0.2, 0.25) is 0 Å². The standard InChI is InChI=1S/C23H23NO6/c1-13-19(23(27)29-11-10-28-2)20(21-16(24-13)7-5-8-17(21)25)15-12-30-18-9-4-3-6-14(18)22(15)26/h3-4,6,9,12,19-20H,5,7-8,10-11H2,1-2H3/t19?,20-/m1/s1. The van der Waals surface area contributed by atoms with Crippen molar-refractivity contribution in [3.05, 3.63) is 57.6 Å². The maximum atomic E-state index is 13.3. The first-order chi connectivity index (χ1) is 14.5. The average Bonchev–Trinajstić information content (AvgIpc) is 2.73. The number of para-hydroxylation sites is 1. The topological polar surface area (TPSA) is 95.2 Å². The number of rotatable bonds is 5. The Bertz CT molecular complexity index is 1130. The Morgan fingerprint density at radius 2 is 2.00 bits per heavy atom. The molecule has 1 unspecified atom stereocenters. The zero-order valence-electron chi connectivity index (χ0n) is 17.0. The van der Waals surface area contributed by atoms with Crippen LogP contribution in [0.5, 0.6) is 0 Å². The van der Waals surface area contributed by atoms with Gasteiger partial charge in [0.2, 0.25) is 0 Å². The van der Waals surface area contributed by atoms with Gasteiger partial charge in [0.25, 0.3) is 0 Å². The van der Waals surface area contributed by atoms with Crippen LogP contribution in [0.4, 0.5) is 0 Å². The summed E-state index contributed by atoms with van der Waals surface area (Å²) in [7, 11) is 1.52. The number of fused-ring (bicyclic) bond motifs is 1. The number of esters is 1. The minimum Gasteiger partial charge on any atom is -0.464 e. The second-order valence-corrected chi connectivity index (χ2v) is 7.52. The van der Waals surface area contributed by atoms with Crippen LogP contribution in [-0.2, 0) is 19.1 Å². The number of carbonyl (C=O) groups excluding carboxylic acids is 2. The molecular weight excluding hydrogens is 386 g/mol. The zero-order chi connectivity index (χ0) is 21.3. The zero-order valence-corrected chi connectivity index (χ0v) is 17.0. The van der Waals surface area contributed by atoms with E-state index in [9.17, 15) is 14.4 Å². The van der Waals surface area contributed by atoms with E-state index in [4.69, 9.17) is 13.9 Å². The van der Waals surface area contributed by atoms with Crippen molar-refractivity contribution in [3.8, 4) is 0 Å². The summed E-state index contributed by atoms with van der Waals surface area (Å²) in [4.78, 5) is 43.8. The maximum Gasteiger partial charge on any atom is 0.315 e. The van der Waals surface area contributed by atoms with E-state index in [1.807, 2.05) is 0 Å². The predicted octanol–water partition coefficient (Wildman–Crippen LogP) is 3.16. The molecule has 4 rings (SSSR count). The van der Waals surface area contributed by atoms with E-state index in [0.29, 0.717) is 47.2 Å². The number of ketones is 1. The van der Waals surface area contributed by atoms with Gasteiger partial charge >= 0.3 is 5.97 Å². The average molecular weight is 409 g/mol. The molecule has 0 amide bonds. The highest BCUT2D eigenvalue weighted by molar-refractivity contribution is 6.08. The molecule has 0 saturated heterocycles. The lowest BCUT2D eigenvalue weighted by molar-refractivity contribution is -0.147. The number of allylic oxidation sites excluding steroid dienone is 2. The molecule has 0 N–H and O–H groups in total. The molecule has 0 spiro atoms. The Hall–Kier alpha value is -3.06. The van der Waals surface area contributed by atoms with E-state index < -0.39 is 17.8 Å². The van der Waals surface area contributed by atoms with Crippen LogP contribution in [0.3, 0.4) is 0 Å². The Morgan fingerprint density at radius 1 is 1.20 bits per heavy atom. The predicted molar refractivity (Wildman–Crippen MR) is 111 cm³/mol. The highest BCUT2D eigenvalue weighted by atomic mass is 16.6. The molecule has 0 fully saturated rings. The first-order valence-electron chi connectivity index (χ1n) is 10.0. The molecule has 2 atom stereocenters. The number of hydrogen-bond acceptors (Lipinski definition) is 7. The third kappa shape index (κ3) is 3.50. The molecule has 7 nitrogen and oxygen atoms in total. The van der Waals surface area contributed by atoms with Crippen LogP contribution in [0.25, 0.3) is 11.0 Å². The van der Waals surface area contributed by atoms with Crippen molar-refractivity contribution < 1.29 is 23.5 Å². The van der Waals surface area contributed by atoms with Crippen LogP contribution >= 0.6 is 0 Å². The molecule has 0 bridgehead atoms. The first kappa shape index (κ1) is 20.2. The second kappa shape index (κ2) is 8.36. The molecule has 30 heavy (non-hydrogen) atoms. The number of ether oxygens (including phenoxy) is 2. The van der Waals surface area contributed by atoms with Gasteiger partial charge in [-0.25, -0.2) is 0 Å². The van der Waals surface area contributed by atoms with Crippen molar-refractivity contribution in [2.75, 3.05) is 20.3 Å². The number of hydrogen-bond donors (Lipinski definition) is 0. The van der Waals surface area contributed by atoms with E-state index in [1.54, 1.807) is 31.2 Å². The second-order valence-electron chi connectivity index (χ2n) is 7.52. The summed E-state index contributed by atoms with van der Waals surface area (Å²) >= 11 is 0. The number of methoxy groups -OCH3 is 1. The number of carbonyl (C=O) groups is 2. The van der Waals surface area contributed by atoms with Crippen molar-refractivity contribution in [2.45, 2.75) is 32.1 Å². The van der Waals surface area contributed by atoms with E-state index in [-0.39, 0.29) is 30.0 Å².